The number of rotatable bonds is 5. The second kappa shape index (κ2) is 8.98. The fourth-order valence-electron chi connectivity index (χ4n) is 3.94. The van der Waals surface area contributed by atoms with E-state index in [0.717, 1.165) is 35.7 Å². The Bertz CT molecular complexity index is 884. The van der Waals surface area contributed by atoms with Gasteiger partial charge >= 0.3 is 6.03 Å². The third-order valence-electron chi connectivity index (χ3n) is 5.46. The molecule has 2 heterocycles. The van der Waals surface area contributed by atoms with Crippen molar-refractivity contribution in [3.8, 4) is 5.75 Å². The van der Waals surface area contributed by atoms with Crippen LogP contribution in [0.15, 0.2) is 24.3 Å². The quantitative estimate of drug-likeness (QED) is 0.808. The van der Waals surface area contributed by atoms with E-state index in [1.54, 1.807) is 14.2 Å². The highest BCUT2D eigenvalue weighted by Gasteiger charge is 2.27. The zero-order chi connectivity index (χ0) is 21.0. The number of ether oxygens (including phenoxy) is 1. The molecule has 3 amide bonds. The topological polar surface area (TPSA) is 88.5 Å². The molecule has 8 heteroatoms. The molecule has 0 radical (unpaired) electrons. The number of nitrogens with one attached hydrogen (secondary N) is 2. The molecule has 0 saturated carbocycles. The minimum atomic E-state index is -0.185. The highest BCUT2D eigenvalue weighted by molar-refractivity contribution is 5.93. The lowest BCUT2D eigenvalue weighted by Crippen LogP contribution is -2.43. The van der Waals surface area contributed by atoms with E-state index in [1.165, 1.54) is 0 Å². The van der Waals surface area contributed by atoms with Crippen LogP contribution >= 0.6 is 0 Å². The standard InChI is InChI=1S/C21H29N5O3/c1-14-19(20(27)23-13-16-6-5-7-18(12-16)29-4)24-15(2)26(14)17-8-10-25(11-9-17)21(28)22-3/h5-7,12,17H,8-11,13H2,1-4H3,(H,22,28)(H,23,27). The molecule has 2 aromatic rings. The smallest absolute Gasteiger partial charge is 0.317 e. The van der Waals surface area contributed by atoms with Crippen molar-refractivity contribution < 1.29 is 14.3 Å². The van der Waals surface area contributed by atoms with E-state index in [9.17, 15) is 9.59 Å². The molecule has 2 N–H and O–H groups in total. The molecule has 0 spiro atoms. The van der Waals surface area contributed by atoms with E-state index in [-0.39, 0.29) is 18.0 Å². The lowest BCUT2D eigenvalue weighted by Gasteiger charge is -2.33. The average Bonchev–Trinajstić information content (AvgIpc) is 3.05. The molecule has 1 fully saturated rings. The van der Waals surface area contributed by atoms with Crippen LogP contribution in [0.25, 0.3) is 0 Å². The van der Waals surface area contributed by atoms with Crippen LogP contribution in [0.4, 0.5) is 4.79 Å². The Labute approximate surface area is 171 Å². The molecule has 0 aliphatic carbocycles. The molecule has 29 heavy (non-hydrogen) atoms. The molecule has 0 bridgehead atoms. The molecule has 1 saturated heterocycles. The molecular weight excluding hydrogens is 370 g/mol. The lowest BCUT2D eigenvalue weighted by atomic mass is 10.0. The van der Waals surface area contributed by atoms with Crippen molar-refractivity contribution in [2.24, 2.45) is 0 Å². The summed E-state index contributed by atoms with van der Waals surface area (Å²) in [7, 11) is 3.27. The van der Waals surface area contributed by atoms with Crippen molar-refractivity contribution in [2.75, 3.05) is 27.2 Å². The van der Waals surface area contributed by atoms with Crippen LogP contribution in [0.5, 0.6) is 5.75 Å². The normalized spacial score (nSPS) is 14.6. The van der Waals surface area contributed by atoms with Gasteiger partial charge in [0.1, 0.15) is 17.3 Å². The number of carbonyl (C=O) groups excluding carboxylic acids is 2. The van der Waals surface area contributed by atoms with Gasteiger partial charge in [0.05, 0.1) is 7.11 Å². The summed E-state index contributed by atoms with van der Waals surface area (Å²) >= 11 is 0. The second-order valence-corrected chi connectivity index (χ2v) is 7.27. The van der Waals surface area contributed by atoms with Crippen molar-refractivity contribution in [3.63, 3.8) is 0 Å². The SMILES string of the molecule is CNC(=O)N1CCC(n2c(C)nc(C(=O)NCc3cccc(OC)c3)c2C)CC1. The van der Waals surface area contributed by atoms with Crippen LogP contribution in [-0.2, 0) is 6.54 Å². The molecule has 0 atom stereocenters. The summed E-state index contributed by atoms with van der Waals surface area (Å²) in [6.07, 6.45) is 1.69. The number of benzene rings is 1. The summed E-state index contributed by atoms with van der Waals surface area (Å²) < 4.78 is 7.36. The van der Waals surface area contributed by atoms with Gasteiger partial charge in [-0.25, -0.2) is 9.78 Å². The molecule has 1 aromatic heterocycles. The van der Waals surface area contributed by atoms with Gasteiger partial charge in [0, 0.05) is 38.4 Å². The van der Waals surface area contributed by atoms with E-state index in [2.05, 4.69) is 20.2 Å². The first kappa shape index (κ1) is 20.7. The van der Waals surface area contributed by atoms with Gasteiger partial charge in [0.2, 0.25) is 0 Å². The van der Waals surface area contributed by atoms with Crippen LogP contribution < -0.4 is 15.4 Å². The van der Waals surface area contributed by atoms with Gasteiger partial charge in [0.15, 0.2) is 0 Å². The summed E-state index contributed by atoms with van der Waals surface area (Å²) in [5, 5.41) is 5.62. The maximum atomic E-state index is 12.7. The first-order chi connectivity index (χ1) is 13.9. The van der Waals surface area contributed by atoms with E-state index in [0.29, 0.717) is 25.3 Å². The highest BCUT2D eigenvalue weighted by atomic mass is 16.5. The molecule has 8 nitrogen and oxygen atoms in total. The third-order valence-corrected chi connectivity index (χ3v) is 5.46. The summed E-state index contributed by atoms with van der Waals surface area (Å²) in [6, 6.07) is 7.81. The number of piperidine rings is 1. The van der Waals surface area contributed by atoms with Gasteiger partial charge < -0.3 is 24.8 Å². The Balaban J connectivity index is 1.67. The number of amides is 3. The zero-order valence-corrected chi connectivity index (χ0v) is 17.5. The van der Waals surface area contributed by atoms with Gasteiger partial charge in [-0.3, -0.25) is 4.79 Å². The Hall–Kier alpha value is -3.03. The molecule has 1 aliphatic heterocycles. The molecule has 3 rings (SSSR count). The fourth-order valence-corrected chi connectivity index (χ4v) is 3.94. The van der Waals surface area contributed by atoms with E-state index in [1.807, 2.05) is 43.0 Å². The van der Waals surface area contributed by atoms with Crippen LogP contribution in [-0.4, -0.2) is 53.6 Å². The van der Waals surface area contributed by atoms with Crippen molar-refractivity contribution in [3.05, 3.63) is 47.0 Å². The number of carbonyl (C=O) groups is 2. The third kappa shape index (κ3) is 4.52. The first-order valence-corrected chi connectivity index (χ1v) is 9.87. The number of nitrogens with zero attached hydrogens (tertiary/aromatic N) is 3. The number of urea groups is 1. The fraction of sp³-hybridized carbons (Fsp3) is 0.476. The minimum absolute atomic E-state index is 0.0415. The molecule has 1 aromatic carbocycles. The highest BCUT2D eigenvalue weighted by Crippen LogP contribution is 2.27. The number of methoxy groups -OCH3 is 1. The van der Waals surface area contributed by atoms with Gasteiger partial charge in [0.25, 0.3) is 5.91 Å². The van der Waals surface area contributed by atoms with Crippen molar-refractivity contribution in [2.45, 2.75) is 39.3 Å². The van der Waals surface area contributed by atoms with Gasteiger partial charge in [-0.15, -0.1) is 0 Å². The predicted octanol–water partition coefficient (Wildman–Crippen LogP) is 2.41. The lowest BCUT2D eigenvalue weighted by molar-refractivity contribution is 0.0945. The van der Waals surface area contributed by atoms with Crippen molar-refractivity contribution >= 4 is 11.9 Å². The largest absolute Gasteiger partial charge is 0.497 e. The van der Waals surface area contributed by atoms with Crippen LogP contribution in [0.3, 0.4) is 0 Å². The Morgan fingerprint density at radius 2 is 1.97 bits per heavy atom. The summed E-state index contributed by atoms with van der Waals surface area (Å²) in [4.78, 5) is 30.9. The van der Waals surface area contributed by atoms with Gasteiger partial charge in [-0.2, -0.15) is 0 Å². The van der Waals surface area contributed by atoms with E-state index >= 15 is 0 Å². The summed E-state index contributed by atoms with van der Waals surface area (Å²) in [5.74, 6) is 1.40. The Morgan fingerprint density at radius 3 is 2.62 bits per heavy atom. The number of hydrogen-bond donors (Lipinski definition) is 2. The number of likely N-dealkylation sites (tertiary alicyclic amines) is 1. The number of aromatic nitrogens is 2. The van der Waals surface area contributed by atoms with Crippen LogP contribution in [0.2, 0.25) is 0 Å². The maximum Gasteiger partial charge on any atom is 0.317 e. The summed E-state index contributed by atoms with van der Waals surface area (Å²) in [6.45, 7) is 5.66. The number of imidazole rings is 1. The number of hydrogen-bond acceptors (Lipinski definition) is 4. The zero-order valence-electron chi connectivity index (χ0n) is 17.5. The second-order valence-electron chi connectivity index (χ2n) is 7.27. The molecule has 1 aliphatic rings. The molecule has 0 unspecified atom stereocenters. The maximum absolute atomic E-state index is 12.7. The van der Waals surface area contributed by atoms with Gasteiger partial charge in [-0.05, 0) is 44.4 Å². The number of aryl methyl sites for hydroxylation is 1. The Kier molecular flexibility index (Phi) is 6.41. The average molecular weight is 399 g/mol. The predicted molar refractivity (Wildman–Crippen MR) is 110 cm³/mol. The van der Waals surface area contributed by atoms with Crippen LogP contribution in [0, 0.1) is 13.8 Å². The van der Waals surface area contributed by atoms with Crippen LogP contribution in [0.1, 0.15) is 46.5 Å². The van der Waals surface area contributed by atoms with Crippen molar-refractivity contribution in [1.29, 1.82) is 0 Å². The monoisotopic (exact) mass is 399 g/mol. The first-order valence-electron chi connectivity index (χ1n) is 9.87. The Morgan fingerprint density at radius 1 is 1.24 bits per heavy atom. The van der Waals surface area contributed by atoms with E-state index in [4.69, 9.17) is 4.74 Å². The van der Waals surface area contributed by atoms with Crippen molar-refractivity contribution in [1.82, 2.24) is 25.1 Å². The van der Waals surface area contributed by atoms with E-state index < -0.39 is 0 Å². The molecule has 156 valence electrons. The van der Waals surface area contributed by atoms with Gasteiger partial charge in [-0.1, -0.05) is 12.1 Å². The molecular formula is C21H29N5O3. The summed E-state index contributed by atoms with van der Waals surface area (Å²) in [5.41, 5.74) is 2.29. The minimum Gasteiger partial charge on any atom is -0.497 e.